The summed E-state index contributed by atoms with van der Waals surface area (Å²) in [6.45, 7) is 0. The third-order valence-electron chi connectivity index (χ3n) is 4.69. The van der Waals surface area contributed by atoms with Gasteiger partial charge < -0.3 is 5.11 Å². The van der Waals surface area contributed by atoms with Crippen LogP contribution >= 0.6 is 23.2 Å². The van der Waals surface area contributed by atoms with E-state index in [2.05, 4.69) is 0 Å². The fourth-order valence-corrected chi connectivity index (χ4v) is 3.69. The van der Waals surface area contributed by atoms with Gasteiger partial charge in [-0.2, -0.15) is 0 Å². The Labute approximate surface area is 180 Å². The highest BCUT2D eigenvalue weighted by Crippen LogP contribution is 2.35. The molecule has 1 N–H and O–H groups in total. The number of aromatic carboxylic acids is 1. The van der Waals surface area contributed by atoms with E-state index in [1.54, 1.807) is 0 Å². The zero-order valence-corrected chi connectivity index (χ0v) is 16.6. The molecule has 0 saturated heterocycles. The third-order valence-corrected chi connectivity index (χ3v) is 5.23. The molecule has 4 rings (SSSR count). The molecule has 148 valence electrons. The number of carboxylic acid groups (broad SMARTS) is 1. The Morgan fingerprint density at radius 2 is 1.33 bits per heavy atom. The number of hydrogen-bond donors (Lipinski definition) is 1. The van der Waals surface area contributed by atoms with Crippen LogP contribution < -0.4 is 4.90 Å². The van der Waals surface area contributed by atoms with Gasteiger partial charge in [-0.25, -0.2) is 9.69 Å². The zero-order valence-electron chi connectivity index (χ0n) is 15.1. The summed E-state index contributed by atoms with van der Waals surface area (Å²) >= 11 is 12.0. The number of imide groups is 1. The Bertz CT molecular complexity index is 1250. The van der Waals surface area contributed by atoms with Crippen molar-refractivity contribution in [3.8, 4) is 0 Å². The first-order valence-corrected chi connectivity index (χ1v) is 9.39. The second-order valence-electron chi connectivity index (χ2n) is 6.51. The van der Waals surface area contributed by atoms with Gasteiger partial charge in [0, 0.05) is 16.1 Å². The number of carbonyl (C=O) groups excluding carboxylic acids is 3. The van der Waals surface area contributed by atoms with Crippen LogP contribution in [0.2, 0.25) is 10.0 Å². The Morgan fingerprint density at radius 3 is 1.97 bits per heavy atom. The van der Waals surface area contributed by atoms with Gasteiger partial charge in [-0.05, 0) is 42.5 Å². The number of benzene rings is 3. The highest BCUT2D eigenvalue weighted by atomic mass is 35.5. The minimum atomic E-state index is -1.10. The highest BCUT2D eigenvalue weighted by Gasteiger charge is 2.38. The quantitative estimate of drug-likeness (QED) is 0.468. The number of anilines is 1. The van der Waals surface area contributed by atoms with Crippen LogP contribution in [0.25, 0.3) is 0 Å². The number of amides is 2. The maximum atomic E-state index is 12.9. The van der Waals surface area contributed by atoms with E-state index < -0.39 is 23.6 Å². The van der Waals surface area contributed by atoms with Crippen LogP contribution in [0.5, 0.6) is 0 Å². The van der Waals surface area contributed by atoms with E-state index >= 15 is 0 Å². The van der Waals surface area contributed by atoms with E-state index in [4.69, 9.17) is 28.3 Å². The van der Waals surface area contributed by atoms with Crippen molar-refractivity contribution in [2.45, 2.75) is 0 Å². The molecule has 0 fully saturated rings. The van der Waals surface area contributed by atoms with Crippen molar-refractivity contribution in [1.29, 1.82) is 0 Å². The number of carbonyl (C=O) groups is 4. The molecule has 1 heterocycles. The van der Waals surface area contributed by atoms with E-state index in [-0.39, 0.29) is 38.5 Å². The highest BCUT2D eigenvalue weighted by molar-refractivity contribution is 6.41. The van der Waals surface area contributed by atoms with Gasteiger partial charge >= 0.3 is 5.97 Å². The van der Waals surface area contributed by atoms with Gasteiger partial charge in [-0.1, -0.05) is 41.4 Å². The SMILES string of the molecule is O=C(O)c1ccc(C(=O)c2ccc3c(c2)C(=O)N(c2ccc(Cl)cc2Cl)C3=O)cc1. The third kappa shape index (κ3) is 3.26. The van der Waals surface area contributed by atoms with Gasteiger partial charge in [0.15, 0.2) is 5.78 Å². The molecule has 0 saturated carbocycles. The monoisotopic (exact) mass is 439 g/mol. The van der Waals surface area contributed by atoms with Crippen LogP contribution in [0, 0.1) is 0 Å². The zero-order chi connectivity index (χ0) is 21.6. The van der Waals surface area contributed by atoms with Crippen molar-refractivity contribution in [1.82, 2.24) is 0 Å². The van der Waals surface area contributed by atoms with Crippen molar-refractivity contribution in [3.05, 3.63) is 98.5 Å². The van der Waals surface area contributed by atoms with Crippen molar-refractivity contribution in [3.63, 3.8) is 0 Å². The molecule has 0 aromatic heterocycles. The Balaban J connectivity index is 1.69. The van der Waals surface area contributed by atoms with Crippen LogP contribution in [-0.4, -0.2) is 28.7 Å². The summed E-state index contributed by atoms with van der Waals surface area (Å²) in [5.41, 5.74) is 0.945. The molecule has 1 aliphatic rings. The van der Waals surface area contributed by atoms with E-state index in [1.165, 1.54) is 60.7 Å². The first-order chi connectivity index (χ1) is 14.3. The summed E-state index contributed by atoms with van der Waals surface area (Å²) < 4.78 is 0. The molecule has 0 radical (unpaired) electrons. The largest absolute Gasteiger partial charge is 0.478 e. The van der Waals surface area contributed by atoms with Crippen molar-refractivity contribution in [2.75, 3.05) is 4.90 Å². The lowest BCUT2D eigenvalue weighted by Gasteiger charge is -2.15. The standard InChI is InChI=1S/C22H11Cl2NO5/c23-14-6-8-18(17(24)10-14)25-20(27)15-7-5-13(9-16(15)21(25)28)19(26)11-1-3-12(4-2-11)22(29)30/h1-10H,(H,29,30). The molecule has 1 aliphatic heterocycles. The maximum absolute atomic E-state index is 12.9. The van der Waals surface area contributed by atoms with Crippen LogP contribution in [0.3, 0.4) is 0 Å². The van der Waals surface area contributed by atoms with Gasteiger partial charge in [0.2, 0.25) is 0 Å². The Morgan fingerprint density at radius 1 is 0.733 bits per heavy atom. The van der Waals surface area contributed by atoms with E-state index in [9.17, 15) is 19.2 Å². The van der Waals surface area contributed by atoms with Gasteiger partial charge in [0.05, 0.1) is 27.4 Å². The van der Waals surface area contributed by atoms with Crippen LogP contribution in [0.15, 0.2) is 60.7 Å². The molecule has 3 aromatic rings. The number of hydrogen-bond acceptors (Lipinski definition) is 4. The second kappa shape index (κ2) is 7.40. The molecule has 0 bridgehead atoms. The van der Waals surface area contributed by atoms with Gasteiger partial charge in [0.25, 0.3) is 11.8 Å². The minimum Gasteiger partial charge on any atom is -0.478 e. The van der Waals surface area contributed by atoms with E-state index in [0.717, 1.165) is 4.90 Å². The number of halogens is 2. The Hall–Kier alpha value is -3.48. The molecule has 8 heteroatoms. The molecule has 6 nitrogen and oxygen atoms in total. The smallest absolute Gasteiger partial charge is 0.335 e. The molecule has 3 aromatic carbocycles. The number of ketones is 1. The average molecular weight is 440 g/mol. The van der Waals surface area contributed by atoms with Crippen molar-refractivity contribution < 1.29 is 24.3 Å². The molecule has 2 amide bonds. The minimum absolute atomic E-state index is 0.0526. The van der Waals surface area contributed by atoms with Crippen LogP contribution in [0.4, 0.5) is 5.69 Å². The molecule has 30 heavy (non-hydrogen) atoms. The van der Waals surface area contributed by atoms with Gasteiger partial charge in [0.1, 0.15) is 0 Å². The first-order valence-electron chi connectivity index (χ1n) is 8.64. The van der Waals surface area contributed by atoms with Crippen molar-refractivity contribution in [2.24, 2.45) is 0 Å². The maximum Gasteiger partial charge on any atom is 0.335 e. The molecular weight excluding hydrogens is 429 g/mol. The molecule has 0 spiro atoms. The topological polar surface area (TPSA) is 91.8 Å². The summed E-state index contributed by atoms with van der Waals surface area (Å²) in [6.07, 6.45) is 0. The van der Waals surface area contributed by atoms with Gasteiger partial charge in [-0.3, -0.25) is 14.4 Å². The number of fused-ring (bicyclic) bond motifs is 1. The summed E-state index contributed by atoms with van der Waals surface area (Å²) in [7, 11) is 0. The predicted octanol–water partition coefficient (Wildman–Crippen LogP) is 4.72. The normalized spacial score (nSPS) is 12.8. The number of carboxylic acids is 1. The average Bonchev–Trinajstić information content (AvgIpc) is 2.98. The fraction of sp³-hybridized carbons (Fsp3) is 0. The summed E-state index contributed by atoms with van der Waals surface area (Å²) in [4.78, 5) is 50.4. The second-order valence-corrected chi connectivity index (χ2v) is 7.36. The molecular formula is C22H11Cl2NO5. The lowest BCUT2D eigenvalue weighted by molar-refractivity contribution is 0.0695. The van der Waals surface area contributed by atoms with Crippen molar-refractivity contribution >= 4 is 52.5 Å². The molecule has 0 unspecified atom stereocenters. The van der Waals surface area contributed by atoms with Crippen LogP contribution in [0.1, 0.15) is 47.0 Å². The van der Waals surface area contributed by atoms with Gasteiger partial charge in [-0.15, -0.1) is 0 Å². The fourth-order valence-electron chi connectivity index (χ4n) is 3.19. The van der Waals surface area contributed by atoms with Crippen LogP contribution in [-0.2, 0) is 0 Å². The predicted molar refractivity (Wildman–Crippen MR) is 111 cm³/mol. The lowest BCUT2D eigenvalue weighted by atomic mass is 9.98. The lowest BCUT2D eigenvalue weighted by Crippen LogP contribution is -2.29. The number of rotatable bonds is 4. The van der Waals surface area contributed by atoms with E-state index in [0.29, 0.717) is 5.02 Å². The summed E-state index contributed by atoms with van der Waals surface area (Å²) in [6, 6.07) is 14.1. The summed E-state index contributed by atoms with van der Waals surface area (Å²) in [5, 5.41) is 9.48. The molecule has 0 aliphatic carbocycles. The first kappa shape index (κ1) is 19.8. The number of nitrogens with zero attached hydrogens (tertiary/aromatic N) is 1. The summed E-state index contributed by atoms with van der Waals surface area (Å²) in [5.74, 6) is -2.66. The molecule has 0 atom stereocenters. The van der Waals surface area contributed by atoms with E-state index in [1.807, 2.05) is 0 Å². The Kier molecular flexibility index (Phi) is 4.89.